The van der Waals surface area contributed by atoms with Crippen LogP contribution in [0.2, 0.25) is 5.02 Å². The average molecular weight is 516 g/mol. The molecule has 0 bridgehead atoms. The van der Waals surface area contributed by atoms with E-state index in [2.05, 4.69) is 5.32 Å². The van der Waals surface area contributed by atoms with E-state index in [9.17, 15) is 18.0 Å². The predicted molar refractivity (Wildman–Crippen MR) is 138 cm³/mol. The smallest absolute Gasteiger partial charge is 0.308 e. The van der Waals surface area contributed by atoms with Gasteiger partial charge in [-0.25, -0.2) is 8.42 Å². The van der Waals surface area contributed by atoms with Crippen molar-refractivity contribution in [1.29, 1.82) is 0 Å². The van der Waals surface area contributed by atoms with Gasteiger partial charge in [-0.05, 0) is 68.4 Å². The number of hydrogen-bond acceptors (Lipinski definition) is 5. The number of fused-ring (bicyclic) bond motifs is 1. The van der Waals surface area contributed by atoms with E-state index in [1.165, 1.54) is 12.1 Å². The molecule has 0 spiro atoms. The van der Waals surface area contributed by atoms with Crippen LogP contribution in [0.15, 0.2) is 76.4 Å². The van der Waals surface area contributed by atoms with Crippen LogP contribution in [0, 0.1) is 6.92 Å². The number of nitrogens with zero attached hydrogens (tertiary/aromatic N) is 2. The van der Waals surface area contributed by atoms with Crippen LogP contribution in [-0.4, -0.2) is 25.4 Å². The molecule has 7 nitrogen and oxygen atoms in total. The molecule has 176 valence electrons. The van der Waals surface area contributed by atoms with Crippen LogP contribution in [0.3, 0.4) is 0 Å². The largest absolute Gasteiger partial charge is 0.324 e. The Morgan fingerprint density at radius 2 is 1.74 bits per heavy atom. The van der Waals surface area contributed by atoms with E-state index in [1.54, 1.807) is 59.2 Å². The predicted octanol–water partition coefficient (Wildman–Crippen LogP) is 4.88. The Hall–Kier alpha value is -3.14. The van der Waals surface area contributed by atoms with Crippen LogP contribution in [0.1, 0.15) is 12.5 Å². The third-order valence-corrected chi connectivity index (χ3v) is 8.26. The van der Waals surface area contributed by atoms with E-state index in [0.717, 1.165) is 31.4 Å². The first-order valence-electron chi connectivity index (χ1n) is 10.5. The van der Waals surface area contributed by atoms with Crippen LogP contribution in [0.4, 0.5) is 11.4 Å². The molecule has 0 aliphatic rings. The molecule has 0 aliphatic heterocycles. The lowest BCUT2D eigenvalue weighted by atomic mass is 10.2. The molecule has 0 atom stereocenters. The lowest BCUT2D eigenvalue weighted by Gasteiger charge is -2.24. The second-order valence-corrected chi connectivity index (χ2v) is 10.9. The fourth-order valence-corrected chi connectivity index (χ4v) is 6.08. The van der Waals surface area contributed by atoms with Crippen LogP contribution >= 0.6 is 22.9 Å². The summed E-state index contributed by atoms with van der Waals surface area (Å²) in [4.78, 5) is 25.1. The second kappa shape index (κ2) is 9.61. The minimum Gasteiger partial charge on any atom is -0.324 e. The molecule has 34 heavy (non-hydrogen) atoms. The minimum absolute atomic E-state index is 0.0703. The van der Waals surface area contributed by atoms with E-state index in [-0.39, 0.29) is 9.77 Å². The number of benzene rings is 3. The Labute approximate surface area is 206 Å². The van der Waals surface area contributed by atoms with Gasteiger partial charge in [0.1, 0.15) is 6.54 Å². The van der Waals surface area contributed by atoms with Crippen molar-refractivity contribution in [3.05, 3.63) is 87.0 Å². The molecule has 4 rings (SSSR count). The summed E-state index contributed by atoms with van der Waals surface area (Å²) >= 11 is 7.08. The van der Waals surface area contributed by atoms with Crippen molar-refractivity contribution in [2.45, 2.75) is 25.3 Å². The molecule has 4 aromatic rings. The maximum absolute atomic E-state index is 13.4. The molecule has 1 aromatic heterocycles. The molecule has 0 fully saturated rings. The third-order valence-electron chi connectivity index (χ3n) is 5.28. The van der Waals surface area contributed by atoms with Crippen LogP contribution in [0.25, 0.3) is 10.2 Å². The van der Waals surface area contributed by atoms with Gasteiger partial charge in [-0.15, -0.1) is 0 Å². The first-order chi connectivity index (χ1) is 16.2. The number of aromatic nitrogens is 1. The number of sulfonamides is 1. The van der Waals surface area contributed by atoms with Crippen LogP contribution in [-0.2, 0) is 21.4 Å². The molecular weight excluding hydrogens is 494 g/mol. The van der Waals surface area contributed by atoms with Crippen molar-refractivity contribution < 1.29 is 13.2 Å². The molecule has 0 unspecified atom stereocenters. The van der Waals surface area contributed by atoms with E-state index < -0.39 is 22.5 Å². The fraction of sp³-hybridized carbons (Fsp3) is 0.167. The van der Waals surface area contributed by atoms with Crippen molar-refractivity contribution in [1.82, 2.24) is 4.57 Å². The zero-order valence-electron chi connectivity index (χ0n) is 18.5. The summed E-state index contributed by atoms with van der Waals surface area (Å²) in [5, 5.41) is 3.20. The van der Waals surface area contributed by atoms with Gasteiger partial charge in [0.15, 0.2) is 0 Å². The summed E-state index contributed by atoms with van der Waals surface area (Å²) in [6.07, 6.45) is 0. The first-order valence-corrected chi connectivity index (χ1v) is 13.1. The lowest BCUT2D eigenvalue weighted by Crippen LogP contribution is -2.38. The molecule has 1 heterocycles. The minimum atomic E-state index is -4.02. The summed E-state index contributed by atoms with van der Waals surface area (Å²) in [5.74, 6) is -0.521. The number of carbonyl (C=O) groups is 1. The third kappa shape index (κ3) is 4.86. The molecular formula is C24H22ClN3O4S2. The summed E-state index contributed by atoms with van der Waals surface area (Å²) in [6, 6.07) is 17.9. The summed E-state index contributed by atoms with van der Waals surface area (Å²) in [5.41, 5.74) is 2.50. The molecule has 10 heteroatoms. The molecule has 0 saturated carbocycles. The van der Waals surface area contributed by atoms with Gasteiger partial charge < -0.3 is 5.32 Å². The normalized spacial score (nSPS) is 11.5. The van der Waals surface area contributed by atoms with Gasteiger partial charge in [0.05, 0.1) is 20.8 Å². The van der Waals surface area contributed by atoms with Gasteiger partial charge in [0.25, 0.3) is 10.0 Å². The Bertz CT molecular complexity index is 1510. The topological polar surface area (TPSA) is 88.5 Å². The van der Waals surface area contributed by atoms with Crippen molar-refractivity contribution in [3.8, 4) is 0 Å². The van der Waals surface area contributed by atoms with Crippen molar-refractivity contribution >= 4 is 60.5 Å². The van der Waals surface area contributed by atoms with Crippen LogP contribution in [0.5, 0.6) is 0 Å². The molecule has 0 radical (unpaired) electrons. The number of aryl methyl sites for hydroxylation is 2. The number of amides is 1. The standard InChI is InChI=1S/C24H22ClN3O4S2/c1-3-27-21-13-8-18(14-22(21)33-24(27)30)26-23(29)15-28(19-9-6-17(25)7-10-19)34(31,32)20-11-4-16(2)5-12-20/h4-14H,3,15H2,1-2H3,(H,26,29). The highest BCUT2D eigenvalue weighted by Gasteiger charge is 2.27. The Balaban J connectivity index is 1.64. The van der Waals surface area contributed by atoms with E-state index in [0.29, 0.717) is 22.9 Å². The Morgan fingerprint density at radius 3 is 2.38 bits per heavy atom. The number of thiazole rings is 1. The Morgan fingerprint density at radius 1 is 1.06 bits per heavy atom. The van der Waals surface area contributed by atoms with Crippen molar-refractivity contribution in [2.24, 2.45) is 0 Å². The number of hydrogen-bond donors (Lipinski definition) is 1. The average Bonchev–Trinajstić information content (AvgIpc) is 3.12. The molecule has 1 N–H and O–H groups in total. The molecule has 1 amide bonds. The molecule has 0 saturated heterocycles. The molecule has 3 aromatic carbocycles. The lowest BCUT2D eigenvalue weighted by molar-refractivity contribution is -0.114. The van der Waals surface area contributed by atoms with Gasteiger partial charge in [0.2, 0.25) is 5.91 Å². The number of halogens is 1. The second-order valence-electron chi connectivity index (χ2n) is 7.64. The first kappa shape index (κ1) is 24.0. The summed E-state index contributed by atoms with van der Waals surface area (Å²) < 4.78 is 30.3. The maximum atomic E-state index is 13.4. The van der Waals surface area contributed by atoms with Gasteiger partial charge >= 0.3 is 4.87 Å². The summed E-state index contributed by atoms with van der Waals surface area (Å²) in [7, 11) is -4.02. The summed E-state index contributed by atoms with van der Waals surface area (Å²) in [6.45, 7) is 3.87. The zero-order valence-corrected chi connectivity index (χ0v) is 20.9. The van der Waals surface area contributed by atoms with E-state index >= 15 is 0 Å². The number of anilines is 2. The zero-order chi connectivity index (χ0) is 24.5. The van der Waals surface area contributed by atoms with Gasteiger partial charge in [-0.1, -0.05) is 40.6 Å². The highest BCUT2D eigenvalue weighted by atomic mass is 35.5. The highest BCUT2D eigenvalue weighted by molar-refractivity contribution is 7.92. The number of carbonyl (C=O) groups excluding carboxylic acids is 1. The van der Waals surface area contributed by atoms with Crippen molar-refractivity contribution in [2.75, 3.05) is 16.2 Å². The fourth-order valence-electron chi connectivity index (χ4n) is 3.53. The SMILES string of the molecule is CCn1c(=O)sc2cc(NC(=O)CN(c3ccc(Cl)cc3)S(=O)(=O)c3ccc(C)cc3)ccc21. The highest BCUT2D eigenvalue weighted by Crippen LogP contribution is 2.26. The monoisotopic (exact) mass is 515 g/mol. The number of nitrogens with one attached hydrogen (secondary N) is 1. The van der Waals surface area contributed by atoms with Gasteiger partial charge in [-0.3, -0.25) is 18.5 Å². The van der Waals surface area contributed by atoms with Gasteiger partial charge in [-0.2, -0.15) is 0 Å². The maximum Gasteiger partial charge on any atom is 0.308 e. The van der Waals surface area contributed by atoms with Gasteiger partial charge in [0, 0.05) is 17.3 Å². The quantitative estimate of drug-likeness (QED) is 0.380. The number of rotatable bonds is 7. The van der Waals surface area contributed by atoms with Crippen molar-refractivity contribution in [3.63, 3.8) is 0 Å². The van der Waals surface area contributed by atoms with E-state index in [4.69, 9.17) is 11.6 Å². The Kier molecular flexibility index (Phi) is 6.79. The van der Waals surface area contributed by atoms with Crippen LogP contribution < -0.4 is 14.5 Å². The molecule has 0 aliphatic carbocycles. The van der Waals surface area contributed by atoms with E-state index in [1.807, 2.05) is 13.8 Å².